The number of aromatic amines is 1. The number of rotatable bonds is 0. The molecule has 0 aliphatic heterocycles. The van der Waals surface area contributed by atoms with Crippen LogP contribution in [0.5, 0.6) is 0 Å². The van der Waals surface area contributed by atoms with Crippen LogP contribution < -0.4 is 5.56 Å². The number of H-pyrrole nitrogens is 1. The molecule has 0 atom stereocenters. The van der Waals surface area contributed by atoms with Crippen molar-refractivity contribution in [3.05, 3.63) is 39.4 Å². The molecule has 0 amide bonds. The average molecular weight is 200 g/mol. The Morgan fingerprint density at radius 1 is 1.27 bits per heavy atom. The lowest BCUT2D eigenvalue weighted by atomic mass is 10.1. The van der Waals surface area contributed by atoms with Gasteiger partial charge in [0.1, 0.15) is 5.82 Å². The van der Waals surface area contributed by atoms with Crippen LogP contribution in [-0.2, 0) is 12.8 Å². The molecule has 3 heteroatoms. The van der Waals surface area contributed by atoms with E-state index >= 15 is 0 Å². The molecule has 76 valence electrons. The van der Waals surface area contributed by atoms with Crippen LogP contribution in [0.4, 0.5) is 0 Å². The average Bonchev–Trinajstić information content (AvgIpc) is 2.61. The maximum atomic E-state index is 11.7. The molecule has 1 N–H and O–H groups in total. The summed E-state index contributed by atoms with van der Waals surface area (Å²) >= 11 is 0. The molecule has 1 aromatic carbocycles. The summed E-state index contributed by atoms with van der Waals surface area (Å²) in [5, 5.41) is 0.723. The first-order chi connectivity index (χ1) is 7.24. The summed E-state index contributed by atoms with van der Waals surface area (Å²) in [5.74, 6) is 0.686. The predicted molar refractivity (Wildman–Crippen MR) is 59.1 cm³/mol. The van der Waals surface area contributed by atoms with Gasteiger partial charge in [0.2, 0.25) is 0 Å². The van der Waals surface area contributed by atoms with Gasteiger partial charge in [0.15, 0.2) is 0 Å². The molecule has 0 spiro atoms. The highest BCUT2D eigenvalue weighted by atomic mass is 16.1. The Balaban J connectivity index is 2.43. The molecular formula is C12H12N2O. The highest BCUT2D eigenvalue weighted by Crippen LogP contribution is 2.24. The van der Waals surface area contributed by atoms with Gasteiger partial charge in [0.25, 0.3) is 5.56 Å². The quantitative estimate of drug-likeness (QED) is 0.703. The second kappa shape index (κ2) is 2.92. The van der Waals surface area contributed by atoms with E-state index in [0.29, 0.717) is 5.82 Å². The molecule has 0 saturated carbocycles. The van der Waals surface area contributed by atoms with Crippen molar-refractivity contribution in [2.24, 2.45) is 0 Å². The second-order valence-corrected chi connectivity index (χ2v) is 4.14. The zero-order chi connectivity index (χ0) is 10.4. The minimum atomic E-state index is -0.0211. The van der Waals surface area contributed by atoms with Gasteiger partial charge in [0.05, 0.1) is 10.9 Å². The first kappa shape index (κ1) is 8.65. The molecule has 2 aromatic rings. The maximum Gasteiger partial charge on any atom is 0.258 e. The number of aryl methyl sites for hydroxylation is 3. The Morgan fingerprint density at radius 2 is 2.00 bits per heavy atom. The molecule has 3 nitrogen and oxygen atoms in total. The maximum absolute atomic E-state index is 11.7. The normalized spacial score (nSPS) is 14.5. The largest absolute Gasteiger partial charge is 0.310 e. The number of hydrogen-bond acceptors (Lipinski definition) is 2. The van der Waals surface area contributed by atoms with Crippen molar-refractivity contribution < 1.29 is 0 Å². The van der Waals surface area contributed by atoms with Gasteiger partial charge in [-0.15, -0.1) is 0 Å². The van der Waals surface area contributed by atoms with Crippen LogP contribution in [0.2, 0.25) is 0 Å². The molecular weight excluding hydrogens is 188 g/mol. The first-order valence-corrected chi connectivity index (χ1v) is 5.26. The predicted octanol–water partition coefficient (Wildman–Crippen LogP) is 1.72. The fourth-order valence-electron chi connectivity index (χ4n) is 2.33. The van der Waals surface area contributed by atoms with Crippen molar-refractivity contribution in [2.75, 3.05) is 0 Å². The lowest BCUT2D eigenvalue weighted by Gasteiger charge is -2.02. The summed E-state index contributed by atoms with van der Waals surface area (Å²) < 4.78 is 0. The summed E-state index contributed by atoms with van der Waals surface area (Å²) in [6.45, 7) is 1.81. The van der Waals surface area contributed by atoms with E-state index < -0.39 is 0 Å². The summed E-state index contributed by atoms with van der Waals surface area (Å²) in [4.78, 5) is 18.8. The minimum Gasteiger partial charge on any atom is -0.310 e. The SMILES string of the molecule is Cc1nc2cc3c(cc2c(=O)[nH]1)CCC3. The Labute approximate surface area is 87.2 Å². The van der Waals surface area contributed by atoms with Gasteiger partial charge in [-0.2, -0.15) is 0 Å². The van der Waals surface area contributed by atoms with Gasteiger partial charge >= 0.3 is 0 Å². The van der Waals surface area contributed by atoms with Gasteiger partial charge in [-0.1, -0.05) is 0 Å². The summed E-state index contributed by atoms with van der Waals surface area (Å²) in [5.41, 5.74) is 3.49. The van der Waals surface area contributed by atoms with E-state index in [-0.39, 0.29) is 5.56 Å². The third kappa shape index (κ3) is 1.27. The highest BCUT2D eigenvalue weighted by molar-refractivity contribution is 5.79. The van der Waals surface area contributed by atoms with Gasteiger partial charge in [-0.25, -0.2) is 4.98 Å². The highest BCUT2D eigenvalue weighted by Gasteiger charge is 2.13. The van der Waals surface area contributed by atoms with Gasteiger partial charge < -0.3 is 4.98 Å². The fraction of sp³-hybridized carbons (Fsp3) is 0.333. The van der Waals surface area contributed by atoms with E-state index in [2.05, 4.69) is 16.0 Å². The fourth-order valence-corrected chi connectivity index (χ4v) is 2.33. The van der Waals surface area contributed by atoms with Crippen molar-refractivity contribution in [1.82, 2.24) is 9.97 Å². The number of hydrogen-bond donors (Lipinski definition) is 1. The van der Waals surface area contributed by atoms with Crippen LogP contribution in [0.25, 0.3) is 10.9 Å². The van der Waals surface area contributed by atoms with Crippen LogP contribution >= 0.6 is 0 Å². The zero-order valence-corrected chi connectivity index (χ0v) is 8.63. The standard InChI is InChI=1S/C12H12N2O/c1-7-13-11-6-9-4-2-3-8(9)5-10(11)12(15)14-7/h5-6H,2-4H2,1H3,(H,13,14,15). The van der Waals surface area contributed by atoms with Gasteiger partial charge in [-0.3, -0.25) is 4.79 Å². The number of nitrogens with one attached hydrogen (secondary N) is 1. The van der Waals surface area contributed by atoms with E-state index in [1.165, 1.54) is 17.5 Å². The molecule has 0 fully saturated rings. The van der Waals surface area contributed by atoms with Crippen LogP contribution in [0.1, 0.15) is 23.4 Å². The molecule has 0 saturated heterocycles. The van der Waals surface area contributed by atoms with E-state index in [4.69, 9.17) is 0 Å². The van der Waals surface area contributed by atoms with Gasteiger partial charge in [-0.05, 0) is 49.4 Å². The monoisotopic (exact) mass is 200 g/mol. The van der Waals surface area contributed by atoms with Crippen LogP contribution in [0.15, 0.2) is 16.9 Å². The summed E-state index contributed by atoms with van der Waals surface area (Å²) in [7, 11) is 0. The molecule has 1 aliphatic rings. The molecule has 0 radical (unpaired) electrons. The smallest absolute Gasteiger partial charge is 0.258 e. The molecule has 1 aliphatic carbocycles. The topological polar surface area (TPSA) is 45.8 Å². The van der Waals surface area contributed by atoms with Crippen molar-refractivity contribution in [2.45, 2.75) is 26.2 Å². The Bertz CT molecular complexity index is 598. The summed E-state index contributed by atoms with van der Waals surface area (Å²) in [6, 6.07) is 4.07. The molecule has 0 bridgehead atoms. The van der Waals surface area contributed by atoms with Crippen molar-refractivity contribution in [1.29, 1.82) is 0 Å². The lowest BCUT2D eigenvalue weighted by Crippen LogP contribution is -2.10. The molecule has 1 heterocycles. The number of nitrogens with zero attached hydrogens (tertiary/aromatic N) is 1. The number of benzene rings is 1. The number of fused-ring (bicyclic) bond motifs is 2. The molecule has 0 unspecified atom stereocenters. The van der Waals surface area contributed by atoms with E-state index in [0.717, 1.165) is 23.7 Å². The zero-order valence-electron chi connectivity index (χ0n) is 8.63. The van der Waals surface area contributed by atoms with Crippen LogP contribution in [0.3, 0.4) is 0 Å². The molecule has 1 aromatic heterocycles. The van der Waals surface area contributed by atoms with E-state index in [9.17, 15) is 4.79 Å². The number of aromatic nitrogens is 2. The van der Waals surface area contributed by atoms with Crippen molar-refractivity contribution >= 4 is 10.9 Å². The third-order valence-corrected chi connectivity index (χ3v) is 3.04. The van der Waals surface area contributed by atoms with E-state index in [1.54, 1.807) is 0 Å². The second-order valence-electron chi connectivity index (χ2n) is 4.14. The Hall–Kier alpha value is -1.64. The van der Waals surface area contributed by atoms with Crippen LogP contribution in [-0.4, -0.2) is 9.97 Å². The first-order valence-electron chi connectivity index (χ1n) is 5.26. The van der Waals surface area contributed by atoms with E-state index in [1.807, 2.05) is 13.0 Å². The minimum absolute atomic E-state index is 0.0211. The Kier molecular flexibility index (Phi) is 1.69. The van der Waals surface area contributed by atoms with Crippen LogP contribution in [0, 0.1) is 6.92 Å². The van der Waals surface area contributed by atoms with Gasteiger partial charge in [0, 0.05) is 0 Å². The van der Waals surface area contributed by atoms with Crippen molar-refractivity contribution in [3.8, 4) is 0 Å². The lowest BCUT2D eigenvalue weighted by molar-refractivity contribution is 0.912. The van der Waals surface area contributed by atoms with Crippen molar-refractivity contribution in [3.63, 3.8) is 0 Å². The molecule has 3 rings (SSSR count). The third-order valence-electron chi connectivity index (χ3n) is 3.04. The molecule has 15 heavy (non-hydrogen) atoms. The Morgan fingerprint density at radius 3 is 2.80 bits per heavy atom. The summed E-state index contributed by atoms with van der Waals surface area (Å²) in [6.07, 6.45) is 3.42.